The van der Waals surface area contributed by atoms with Crippen molar-refractivity contribution >= 4 is 29.2 Å². The molecule has 20 heavy (non-hydrogen) atoms. The molecule has 0 aromatic heterocycles. The summed E-state index contributed by atoms with van der Waals surface area (Å²) in [6.07, 6.45) is 2.42. The number of carboxylic acids is 1. The Labute approximate surface area is 120 Å². The molecular weight excluding hydrogens is 282 g/mol. The maximum absolute atomic E-state index is 12.3. The molecule has 5 nitrogen and oxygen atoms in total. The van der Waals surface area contributed by atoms with Crippen molar-refractivity contribution < 1.29 is 19.4 Å². The van der Waals surface area contributed by atoms with E-state index in [0.29, 0.717) is 10.7 Å². The van der Waals surface area contributed by atoms with E-state index in [0.717, 1.165) is 0 Å². The topological polar surface area (TPSA) is 75.6 Å². The number of aliphatic carboxylic acids is 1. The van der Waals surface area contributed by atoms with E-state index in [1.165, 1.54) is 0 Å². The van der Waals surface area contributed by atoms with Crippen LogP contribution in [0.15, 0.2) is 36.4 Å². The zero-order valence-corrected chi connectivity index (χ0v) is 11.1. The highest BCUT2D eigenvalue weighted by Crippen LogP contribution is 2.40. The van der Waals surface area contributed by atoms with Gasteiger partial charge in [-0.1, -0.05) is 35.9 Å². The summed E-state index contributed by atoms with van der Waals surface area (Å²) in [5.74, 6) is -3.00. The molecule has 6 heteroatoms. The van der Waals surface area contributed by atoms with E-state index in [1.54, 1.807) is 36.4 Å². The molecule has 0 unspecified atom stereocenters. The molecule has 1 aromatic carbocycles. The van der Waals surface area contributed by atoms with Gasteiger partial charge in [-0.2, -0.15) is 0 Å². The Morgan fingerprint density at radius 1 is 1.15 bits per heavy atom. The minimum Gasteiger partial charge on any atom is -0.481 e. The van der Waals surface area contributed by atoms with Crippen molar-refractivity contribution in [1.29, 1.82) is 0 Å². The number of carbonyl (C=O) groups excluding carboxylic acids is 1. The van der Waals surface area contributed by atoms with Gasteiger partial charge in [0, 0.05) is 0 Å². The number of halogens is 1. The number of rotatable bonds is 3. The number of benzene rings is 1. The van der Waals surface area contributed by atoms with Crippen LogP contribution in [0.3, 0.4) is 0 Å². The second-order valence-electron chi connectivity index (χ2n) is 4.81. The molecule has 0 spiro atoms. The predicted molar refractivity (Wildman–Crippen MR) is 72.5 cm³/mol. The summed E-state index contributed by atoms with van der Waals surface area (Å²) in [5, 5.41) is 12.3. The monoisotopic (exact) mass is 293 g/mol. The van der Waals surface area contributed by atoms with Gasteiger partial charge in [-0.15, -0.1) is 0 Å². The molecule has 3 rings (SSSR count). The summed E-state index contributed by atoms with van der Waals surface area (Å²) in [6, 6.07) is 6.82. The van der Waals surface area contributed by atoms with E-state index in [1.807, 2.05) is 0 Å². The number of amides is 1. The fraction of sp³-hybridized carbons (Fsp3) is 0.286. The first-order chi connectivity index (χ1) is 9.58. The van der Waals surface area contributed by atoms with Crippen molar-refractivity contribution in [3.63, 3.8) is 0 Å². The van der Waals surface area contributed by atoms with Gasteiger partial charge in [0.25, 0.3) is 0 Å². The highest BCUT2D eigenvalue weighted by molar-refractivity contribution is 6.33. The summed E-state index contributed by atoms with van der Waals surface area (Å²) in [6.45, 7) is 0. The van der Waals surface area contributed by atoms with Gasteiger partial charge in [-0.3, -0.25) is 9.59 Å². The lowest BCUT2D eigenvalue weighted by Gasteiger charge is -2.21. The van der Waals surface area contributed by atoms with Crippen molar-refractivity contribution in [3.05, 3.63) is 41.4 Å². The molecule has 1 fully saturated rings. The Hall–Kier alpha value is -1.85. The lowest BCUT2D eigenvalue weighted by molar-refractivity contribution is -0.145. The smallest absolute Gasteiger partial charge is 0.310 e. The van der Waals surface area contributed by atoms with Crippen LogP contribution < -0.4 is 5.32 Å². The van der Waals surface area contributed by atoms with Crippen LogP contribution >= 0.6 is 11.6 Å². The highest BCUT2D eigenvalue weighted by atomic mass is 35.5. The minimum atomic E-state index is -1.03. The molecule has 2 N–H and O–H groups in total. The van der Waals surface area contributed by atoms with Crippen molar-refractivity contribution in [3.8, 4) is 0 Å². The van der Waals surface area contributed by atoms with Crippen molar-refractivity contribution in [2.45, 2.75) is 12.2 Å². The molecule has 104 valence electrons. The zero-order valence-electron chi connectivity index (χ0n) is 10.3. The number of hydrogen-bond acceptors (Lipinski definition) is 3. The first-order valence-corrected chi connectivity index (χ1v) is 6.57. The summed E-state index contributed by atoms with van der Waals surface area (Å²) < 4.78 is 5.46. The van der Waals surface area contributed by atoms with Gasteiger partial charge < -0.3 is 15.2 Å². The molecule has 2 heterocycles. The molecule has 1 aromatic rings. The van der Waals surface area contributed by atoms with E-state index in [2.05, 4.69) is 5.32 Å². The summed E-state index contributed by atoms with van der Waals surface area (Å²) in [4.78, 5) is 23.6. The van der Waals surface area contributed by atoms with Crippen molar-refractivity contribution in [2.24, 2.45) is 11.8 Å². The number of nitrogens with one attached hydrogen (secondary N) is 1. The van der Waals surface area contributed by atoms with Crippen LogP contribution in [0.4, 0.5) is 5.69 Å². The zero-order chi connectivity index (χ0) is 14.3. The first-order valence-electron chi connectivity index (χ1n) is 6.20. The van der Waals surface area contributed by atoms with Crippen LogP contribution in [0, 0.1) is 11.8 Å². The fourth-order valence-electron chi connectivity index (χ4n) is 2.69. The third-order valence-electron chi connectivity index (χ3n) is 3.62. The number of carboxylic acid groups (broad SMARTS) is 1. The molecule has 1 saturated heterocycles. The molecule has 2 aliphatic rings. The molecule has 4 atom stereocenters. The first kappa shape index (κ1) is 13.1. The number of hydrogen-bond donors (Lipinski definition) is 2. The van der Waals surface area contributed by atoms with Crippen LogP contribution in [0.1, 0.15) is 0 Å². The lowest BCUT2D eigenvalue weighted by atomic mass is 9.82. The second kappa shape index (κ2) is 4.92. The maximum Gasteiger partial charge on any atom is 0.310 e. The van der Waals surface area contributed by atoms with E-state index in [-0.39, 0.29) is 5.91 Å². The molecule has 2 bridgehead atoms. The predicted octanol–water partition coefficient (Wildman–Crippen LogP) is 1.93. The summed E-state index contributed by atoms with van der Waals surface area (Å²) >= 11 is 5.98. The quantitative estimate of drug-likeness (QED) is 0.835. The van der Waals surface area contributed by atoms with Crippen molar-refractivity contribution in [1.82, 2.24) is 0 Å². The minimum absolute atomic E-state index is 0.387. The molecule has 0 radical (unpaired) electrons. The van der Waals surface area contributed by atoms with Gasteiger partial charge in [0.15, 0.2) is 0 Å². The Bertz CT molecular complexity index is 601. The Morgan fingerprint density at radius 3 is 2.45 bits per heavy atom. The average molecular weight is 294 g/mol. The lowest BCUT2D eigenvalue weighted by Crippen LogP contribution is -2.39. The molecule has 0 saturated carbocycles. The average Bonchev–Trinajstić information content (AvgIpc) is 3.01. The fourth-order valence-corrected chi connectivity index (χ4v) is 2.88. The molecule has 1 amide bonds. The van der Waals surface area contributed by atoms with E-state index in [4.69, 9.17) is 16.3 Å². The SMILES string of the molecule is O=C(Nc1ccccc1Cl)[C@@H]1[C@H](C(=O)O)[C@H]2C=C[C@H]1O2. The van der Waals surface area contributed by atoms with Crippen LogP contribution in [0.2, 0.25) is 5.02 Å². The summed E-state index contributed by atoms with van der Waals surface area (Å²) in [7, 11) is 0. The van der Waals surface area contributed by atoms with Crippen LogP contribution in [-0.2, 0) is 14.3 Å². The van der Waals surface area contributed by atoms with Gasteiger partial charge in [0.2, 0.25) is 5.91 Å². The van der Waals surface area contributed by atoms with Crippen LogP contribution in [0.25, 0.3) is 0 Å². The standard InChI is InChI=1S/C14H12ClNO4/c15-7-3-1-2-4-8(7)16-13(17)11-9-5-6-10(20-9)12(11)14(18)19/h1-6,9-12H,(H,16,17)(H,18,19)/t9-,10-,11+,12-/m1/s1. The maximum atomic E-state index is 12.3. The largest absolute Gasteiger partial charge is 0.481 e. The third kappa shape index (κ3) is 2.09. The second-order valence-corrected chi connectivity index (χ2v) is 5.22. The number of anilines is 1. The van der Waals surface area contributed by atoms with Crippen molar-refractivity contribution in [2.75, 3.05) is 5.32 Å². The Morgan fingerprint density at radius 2 is 1.80 bits per heavy atom. The van der Waals surface area contributed by atoms with Crippen LogP contribution in [0.5, 0.6) is 0 Å². The van der Waals surface area contributed by atoms with E-state index < -0.39 is 30.0 Å². The van der Waals surface area contributed by atoms with Gasteiger partial charge in [0.1, 0.15) is 5.92 Å². The van der Waals surface area contributed by atoms with E-state index in [9.17, 15) is 14.7 Å². The summed E-state index contributed by atoms with van der Waals surface area (Å²) in [5.41, 5.74) is 0.468. The number of ether oxygens (including phenoxy) is 1. The highest BCUT2D eigenvalue weighted by Gasteiger charge is 2.53. The van der Waals surface area contributed by atoms with Gasteiger partial charge >= 0.3 is 5.97 Å². The van der Waals surface area contributed by atoms with Crippen LogP contribution in [-0.4, -0.2) is 29.2 Å². The van der Waals surface area contributed by atoms with Gasteiger partial charge in [-0.05, 0) is 12.1 Å². The molecule has 2 aliphatic heterocycles. The molecule has 0 aliphatic carbocycles. The Balaban J connectivity index is 1.82. The van der Waals surface area contributed by atoms with Gasteiger partial charge in [-0.25, -0.2) is 0 Å². The number of fused-ring (bicyclic) bond motifs is 2. The third-order valence-corrected chi connectivity index (χ3v) is 3.95. The Kier molecular flexibility index (Phi) is 3.23. The normalized spacial score (nSPS) is 30.4. The molecular formula is C14H12ClNO4. The van der Waals surface area contributed by atoms with E-state index >= 15 is 0 Å². The number of carbonyl (C=O) groups is 2. The number of para-hydroxylation sites is 1. The van der Waals surface area contributed by atoms with Gasteiger partial charge in [0.05, 0.1) is 28.8 Å².